The third-order valence-corrected chi connectivity index (χ3v) is 3.99. The van der Waals surface area contributed by atoms with E-state index in [1.54, 1.807) is 13.2 Å². The summed E-state index contributed by atoms with van der Waals surface area (Å²) in [4.78, 5) is 10.6. The minimum absolute atomic E-state index is 0. The number of benzene rings is 1. The number of nitrogens with zero attached hydrogens (tertiary/aromatic N) is 3. The number of guanidine groups is 1. The molecule has 26 heavy (non-hydrogen) atoms. The molecule has 0 radical (unpaired) electrons. The van der Waals surface area contributed by atoms with Gasteiger partial charge in [-0.15, -0.1) is 24.0 Å². The van der Waals surface area contributed by atoms with Gasteiger partial charge in [-0.3, -0.25) is 4.99 Å². The van der Waals surface area contributed by atoms with Crippen LogP contribution in [0.3, 0.4) is 0 Å². The fraction of sp³-hybridized carbons (Fsp3) is 0.368. The molecule has 0 unspecified atom stereocenters. The Bertz CT molecular complexity index is 689. The van der Waals surface area contributed by atoms with Gasteiger partial charge in [-0.05, 0) is 43.3 Å². The van der Waals surface area contributed by atoms with E-state index in [0.29, 0.717) is 5.15 Å². The van der Waals surface area contributed by atoms with Crippen molar-refractivity contribution >= 4 is 41.5 Å². The molecule has 7 heteroatoms. The minimum Gasteiger partial charge on any atom is -0.356 e. The van der Waals surface area contributed by atoms with Crippen molar-refractivity contribution in [2.75, 3.05) is 27.7 Å². The average molecular weight is 488 g/mol. The van der Waals surface area contributed by atoms with Crippen molar-refractivity contribution in [3.05, 3.63) is 64.4 Å². The number of aromatic nitrogens is 1. The van der Waals surface area contributed by atoms with E-state index >= 15 is 0 Å². The Morgan fingerprint density at radius 1 is 1.12 bits per heavy atom. The molecule has 0 spiro atoms. The highest BCUT2D eigenvalue weighted by molar-refractivity contribution is 14.0. The van der Waals surface area contributed by atoms with E-state index in [0.717, 1.165) is 37.6 Å². The number of hydrogen-bond donors (Lipinski definition) is 2. The second-order valence-corrected chi connectivity index (χ2v) is 6.49. The third-order valence-electron chi connectivity index (χ3n) is 3.77. The van der Waals surface area contributed by atoms with Crippen LogP contribution >= 0.6 is 35.6 Å². The van der Waals surface area contributed by atoms with Gasteiger partial charge in [0.1, 0.15) is 5.15 Å². The predicted octanol–water partition coefficient (Wildman–Crippen LogP) is 3.32. The van der Waals surface area contributed by atoms with Crippen LogP contribution in [0.1, 0.15) is 16.7 Å². The maximum absolute atomic E-state index is 5.80. The molecule has 0 saturated carbocycles. The molecule has 2 N–H and O–H groups in total. The molecule has 0 aliphatic rings. The van der Waals surface area contributed by atoms with Crippen molar-refractivity contribution < 1.29 is 0 Å². The molecule has 5 nitrogen and oxygen atoms in total. The van der Waals surface area contributed by atoms with E-state index in [1.807, 2.05) is 12.1 Å². The van der Waals surface area contributed by atoms with E-state index in [9.17, 15) is 0 Å². The first-order valence-electron chi connectivity index (χ1n) is 8.35. The van der Waals surface area contributed by atoms with Gasteiger partial charge in [0.2, 0.25) is 0 Å². The number of pyridine rings is 1. The Hall–Kier alpha value is -1.38. The summed E-state index contributed by atoms with van der Waals surface area (Å²) in [6.45, 7) is 2.45. The first kappa shape index (κ1) is 22.7. The third kappa shape index (κ3) is 7.88. The molecule has 1 aromatic heterocycles. The predicted molar refractivity (Wildman–Crippen MR) is 120 cm³/mol. The number of hydrogen-bond acceptors (Lipinski definition) is 3. The van der Waals surface area contributed by atoms with Gasteiger partial charge in [0.15, 0.2) is 5.96 Å². The molecule has 0 aliphatic heterocycles. The van der Waals surface area contributed by atoms with Crippen LogP contribution in [0.2, 0.25) is 5.15 Å². The van der Waals surface area contributed by atoms with Gasteiger partial charge in [0, 0.05) is 32.9 Å². The smallest absolute Gasteiger partial charge is 0.191 e. The summed E-state index contributed by atoms with van der Waals surface area (Å²) in [7, 11) is 5.94. The van der Waals surface area contributed by atoms with Crippen LogP contribution in [0, 0.1) is 0 Å². The summed E-state index contributed by atoms with van der Waals surface area (Å²) in [5.41, 5.74) is 3.74. The molecular formula is C19H27ClIN5. The molecule has 2 aromatic rings. The molecule has 0 saturated heterocycles. The summed E-state index contributed by atoms with van der Waals surface area (Å²) in [6.07, 6.45) is 2.67. The van der Waals surface area contributed by atoms with E-state index < -0.39 is 0 Å². The van der Waals surface area contributed by atoms with Gasteiger partial charge in [-0.2, -0.15) is 0 Å². The van der Waals surface area contributed by atoms with Crippen LogP contribution in [0.25, 0.3) is 0 Å². The zero-order valence-corrected chi connectivity index (χ0v) is 18.6. The monoisotopic (exact) mass is 487 g/mol. The highest BCUT2D eigenvalue weighted by atomic mass is 127. The Labute approximate surface area is 178 Å². The maximum atomic E-state index is 5.80. The molecule has 0 bridgehead atoms. The van der Waals surface area contributed by atoms with Gasteiger partial charge in [-0.25, -0.2) is 4.98 Å². The zero-order chi connectivity index (χ0) is 18.1. The second-order valence-electron chi connectivity index (χ2n) is 6.10. The van der Waals surface area contributed by atoms with Gasteiger partial charge >= 0.3 is 0 Å². The molecule has 1 aromatic carbocycles. The SMILES string of the molecule is CN=C(NCCc1ccc(Cl)nc1)NCc1ccccc1CN(C)C.I. The second kappa shape index (κ2) is 12.1. The van der Waals surface area contributed by atoms with Gasteiger partial charge in [0.05, 0.1) is 0 Å². The molecule has 1 heterocycles. The molecule has 0 atom stereocenters. The van der Waals surface area contributed by atoms with E-state index in [4.69, 9.17) is 11.6 Å². The van der Waals surface area contributed by atoms with Gasteiger partial charge in [0.25, 0.3) is 0 Å². The average Bonchev–Trinajstić information content (AvgIpc) is 2.60. The molecule has 0 amide bonds. The van der Waals surface area contributed by atoms with E-state index in [2.05, 4.69) is 63.9 Å². The lowest BCUT2D eigenvalue weighted by atomic mass is 10.1. The fourth-order valence-electron chi connectivity index (χ4n) is 2.50. The topological polar surface area (TPSA) is 52.6 Å². The lowest BCUT2D eigenvalue weighted by Gasteiger charge is -2.16. The lowest BCUT2D eigenvalue weighted by molar-refractivity contribution is 0.400. The molecule has 142 valence electrons. The van der Waals surface area contributed by atoms with Crippen LogP contribution in [0.4, 0.5) is 0 Å². The number of rotatable bonds is 7. The van der Waals surface area contributed by atoms with Crippen molar-refractivity contribution in [1.29, 1.82) is 0 Å². The quantitative estimate of drug-likeness (QED) is 0.272. The summed E-state index contributed by atoms with van der Waals surface area (Å²) in [5, 5.41) is 7.23. The summed E-state index contributed by atoms with van der Waals surface area (Å²) in [6, 6.07) is 12.3. The van der Waals surface area contributed by atoms with Crippen molar-refractivity contribution in [3.8, 4) is 0 Å². The number of halogens is 2. The minimum atomic E-state index is 0. The summed E-state index contributed by atoms with van der Waals surface area (Å²) < 4.78 is 0. The zero-order valence-electron chi connectivity index (χ0n) is 15.5. The number of aliphatic imine (C=N–C) groups is 1. The van der Waals surface area contributed by atoms with Crippen molar-refractivity contribution in [3.63, 3.8) is 0 Å². The standard InChI is InChI=1S/C19H26ClN5.HI/c1-21-19(22-11-10-15-8-9-18(20)23-12-15)24-13-16-6-4-5-7-17(16)14-25(2)3;/h4-9,12H,10-11,13-14H2,1-3H3,(H2,21,22,24);1H. The van der Waals surface area contributed by atoms with Crippen LogP contribution in [-0.4, -0.2) is 43.5 Å². The van der Waals surface area contributed by atoms with E-state index in [-0.39, 0.29) is 24.0 Å². The first-order valence-corrected chi connectivity index (χ1v) is 8.72. The van der Waals surface area contributed by atoms with Crippen LogP contribution < -0.4 is 10.6 Å². The van der Waals surface area contributed by atoms with Crippen LogP contribution in [0.15, 0.2) is 47.6 Å². The van der Waals surface area contributed by atoms with E-state index in [1.165, 1.54) is 11.1 Å². The van der Waals surface area contributed by atoms with Crippen molar-refractivity contribution in [2.24, 2.45) is 4.99 Å². The molecule has 2 rings (SSSR count). The summed E-state index contributed by atoms with van der Waals surface area (Å²) >= 11 is 5.80. The Kier molecular flexibility index (Phi) is 10.5. The van der Waals surface area contributed by atoms with Crippen LogP contribution in [0.5, 0.6) is 0 Å². The highest BCUT2D eigenvalue weighted by Crippen LogP contribution is 2.10. The largest absolute Gasteiger partial charge is 0.356 e. The fourth-order valence-corrected chi connectivity index (χ4v) is 2.62. The normalized spacial score (nSPS) is 11.2. The molecular weight excluding hydrogens is 461 g/mol. The van der Waals surface area contributed by atoms with Crippen molar-refractivity contribution in [2.45, 2.75) is 19.5 Å². The summed E-state index contributed by atoms with van der Waals surface area (Å²) in [5.74, 6) is 0.793. The van der Waals surface area contributed by atoms with Gasteiger partial charge in [-0.1, -0.05) is 41.9 Å². The Morgan fingerprint density at radius 3 is 2.46 bits per heavy atom. The van der Waals surface area contributed by atoms with Crippen LogP contribution in [-0.2, 0) is 19.5 Å². The highest BCUT2D eigenvalue weighted by Gasteiger charge is 2.04. The Balaban J connectivity index is 0.00000338. The molecule has 0 fully saturated rings. The van der Waals surface area contributed by atoms with Gasteiger partial charge < -0.3 is 15.5 Å². The maximum Gasteiger partial charge on any atom is 0.191 e. The first-order chi connectivity index (χ1) is 12.1. The molecule has 0 aliphatic carbocycles. The Morgan fingerprint density at radius 2 is 1.85 bits per heavy atom. The lowest BCUT2D eigenvalue weighted by Crippen LogP contribution is -2.38. The number of nitrogens with one attached hydrogen (secondary N) is 2. The van der Waals surface area contributed by atoms with Crippen molar-refractivity contribution in [1.82, 2.24) is 20.5 Å².